The smallest absolute Gasteiger partial charge is 0.129 e. The van der Waals surface area contributed by atoms with E-state index in [1.807, 2.05) is 0 Å². The minimum absolute atomic E-state index is 0.160. The second-order valence-electron chi connectivity index (χ2n) is 3.66. The molecule has 0 aromatic heterocycles. The summed E-state index contributed by atoms with van der Waals surface area (Å²) in [5, 5.41) is 0. The molecule has 0 radical (unpaired) electrons. The first kappa shape index (κ1) is 13.0. The summed E-state index contributed by atoms with van der Waals surface area (Å²) in [7, 11) is -1.08. The van der Waals surface area contributed by atoms with Crippen LogP contribution in [0.25, 0.3) is 0 Å². The maximum Gasteiger partial charge on any atom is 0.129 e. The number of halogens is 1. The molecule has 4 heteroatoms. The quantitative estimate of drug-likeness (QED) is 0.719. The van der Waals surface area contributed by atoms with Gasteiger partial charge in [0.1, 0.15) is 11.6 Å². The molecular formula is C12H15FO2S. The molecule has 0 aliphatic heterocycles. The Morgan fingerprint density at radius 1 is 1.25 bits per heavy atom. The molecule has 16 heavy (non-hydrogen) atoms. The number of carbonyl (C=O) groups is 1. The van der Waals surface area contributed by atoms with Gasteiger partial charge in [0.2, 0.25) is 0 Å². The second kappa shape index (κ2) is 6.53. The van der Waals surface area contributed by atoms with Crippen molar-refractivity contribution in [2.75, 3.05) is 5.75 Å². The summed E-state index contributed by atoms with van der Waals surface area (Å²) in [5.41, 5.74) is 0. The van der Waals surface area contributed by atoms with Gasteiger partial charge in [0.15, 0.2) is 0 Å². The fourth-order valence-corrected chi connectivity index (χ4v) is 2.45. The van der Waals surface area contributed by atoms with Crippen LogP contribution in [0.2, 0.25) is 0 Å². The van der Waals surface area contributed by atoms with Crippen LogP contribution < -0.4 is 0 Å². The Balaban J connectivity index is 2.35. The number of hydrogen-bond donors (Lipinski definition) is 0. The Bertz CT molecular complexity index is 373. The van der Waals surface area contributed by atoms with Crippen LogP contribution in [0.5, 0.6) is 0 Å². The highest BCUT2D eigenvalue weighted by Crippen LogP contribution is 2.10. The SMILES string of the molecule is CC(=O)CCCCS(=O)c1ccc(F)cc1. The highest BCUT2D eigenvalue weighted by molar-refractivity contribution is 7.85. The molecule has 0 heterocycles. The maximum atomic E-state index is 12.6. The minimum Gasteiger partial charge on any atom is -0.300 e. The summed E-state index contributed by atoms with van der Waals surface area (Å²) in [6.45, 7) is 1.55. The predicted molar refractivity (Wildman–Crippen MR) is 62.2 cm³/mol. The van der Waals surface area contributed by atoms with Gasteiger partial charge in [-0.15, -0.1) is 0 Å². The van der Waals surface area contributed by atoms with Crippen LogP contribution >= 0.6 is 0 Å². The van der Waals surface area contributed by atoms with E-state index < -0.39 is 10.8 Å². The van der Waals surface area contributed by atoms with Crippen molar-refractivity contribution in [1.82, 2.24) is 0 Å². The molecule has 0 N–H and O–H groups in total. The van der Waals surface area contributed by atoms with Gasteiger partial charge in [-0.2, -0.15) is 0 Å². The van der Waals surface area contributed by atoms with E-state index in [2.05, 4.69) is 0 Å². The number of benzene rings is 1. The van der Waals surface area contributed by atoms with Crippen molar-refractivity contribution < 1.29 is 13.4 Å². The van der Waals surface area contributed by atoms with E-state index in [4.69, 9.17) is 0 Å². The summed E-state index contributed by atoms with van der Waals surface area (Å²) in [6.07, 6.45) is 2.06. The highest BCUT2D eigenvalue weighted by Gasteiger charge is 2.04. The van der Waals surface area contributed by atoms with Crippen LogP contribution in [0.3, 0.4) is 0 Å². The van der Waals surface area contributed by atoms with Gasteiger partial charge in [0.25, 0.3) is 0 Å². The van der Waals surface area contributed by atoms with Gasteiger partial charge in [0, 0.05) is 17.1 Å². The molecule has 88 valence electrons. The molecule has 0 amide bonds. The average molecular weight is 242 g/mol. The van der Waals surface area contributed by atoms with E-state index in [1.54, 1.807) is 6.92 Å². The molecule has 0 fully saturated rings. The predicted octanol–water partition coefficient (Wildman–Crippen LogP) is 2.69. The van der Waals surface area contributed by atoms with Gasteiger partial charge in [-0.3, -0.25) is 4.21 Å². The third kappa shape index (κ3) is 4.66. The fourth-order valence-electron chi connectivity index (χ4n) is 1.31. The number of hydrogen-bond acceptors (Lipinski definition) is 2. The number of Topliss-reactive ketones (excluding diaryl/α,β-unsaturated/α-hetero) is 1. The molecule has 1 atom stereocenters. The van der Waals surface area contributed by atoms with Crippen LogP contribution in [0.4, 0.5) is 4.39 Å². The Labute approximate surface area is 97.3 Å². The first-order valence-corrected chi connectivity index (χ1v) is 6.55. The van der Waals surface area contributed by atoms with Crippen molar-refractivity contribution in [2.24, 2.45) is 0 Å². The summed E-state index contributed by atoms with van der Waals surface area (Å²) in [6, 6.07) is 5.69. The minimum atomic E-state index is -1.08. The second-order valence-corrected chi connectivity index (χ2v) is 5.23. The maximum absolute atomic E-state index is 12.6. The summed E-state index contributed by atoms with van der Waals surface area (Å²) < 4.78 is 24.3. The zero-order valence-corrected chi connectivity index (χ0v) is 10.1. The first-order chi connectivity index (χ1) is 7.59. The molecule has 0 saturated carbocycles. The van der Waals surface area contributed by atoms with Crippen molar-refractivity contribution in [3.63, 3.8) is 0 Å². The van der Waals surface area contributed by atoms with E-state index in [9.17, 15) is 13.4 Å². The van der Waals surface area contributed by atoms with E-state index in [0.29, 0.717) is 17.1 Å². The summed E-state index contributed by atoms with van der Waals surface area (Å²) in [4.78, 5) is 11.3. The molecule has 1 aromatic rings. The van der Waals surface area contributed by atoms with Crippen molar-refractivity contribution in [3.8, 4) is 0 Å². The molecule has 0 saturated heterocycles. The summed E-state index contributed by atoms with van der Waals surface area (Å²) >= 11 is 0. The molecule has 0 aliphatic rings. The Morgan fingerprint density at radius 2 is 1.88 bits per heavy atom. The number of carbonyl (C=O) groups excluding carboxylic acids is 1. The van der Waals surface area contributed by atoms with Crippen LogP contribution in [-0.2, 0) is 15.6 Å². The van der Waals surface area contributed by atoms with Crippen LogP contribution in [0.1, 0.15) is 26.2 Å². The van der Waals surface area contributed by atoms with Crippen molar-refractivity contribution in [1.29, 1.82) is 0 Å². The van der Waals surface area contributed by atoms with Crippen LogP contribution in [0, 0.1) is 5.82 Å². The van der Waals surface area contributed by atoms with E-state index in [1.165, 1.54) is 24.3 Å². The molecule has 1 unspecified atom stereocenters. The summed E-state index contributed by atoms with van der Waals surface area (Å²) in [5.74, 6) is 0.365. The topological polar surface area (TPSA) is 34.1 Å². The Hall–Kier alpha value is -1.03. The van der Waals surface area contributed by atoms with Gasteiger partial charge in [-0.05, 0) is 44.0 Å². The number of rotatable bonds is 6. The van der Waals surface area contributed by atoms with Gasteiger partial charge in [-0.1, -0.05) is 0 Å². The lowest BCUT2D eigenvalue weighted by molar-refractivity contribution is -0.117. The molecule has 1 aromatic carbocycles. The van der Waals surface area contributed by atoms with E-state index in [-0.39, 0.29) is 11.6 Å². The van der Waals surface area contributed by atoms with Gasteiger partial charge in [-0.25, -0.2) is 4.39 Å². The lowest BCUT2D eigenvalue weighted by Gasteiger charge is -2.01. The lowest BCUT2D eigenvalue weighted by atomic mass is 10.2. The fraction of sp³-hybridized carbons (Fsp3) is 0.417. The van der Waals surface area contributed by atoms with Crippen molar-refractivity contribution in [2.45, 2.75) is 31.1 Å². The molecule has 1 rings (SSSR count). The monoisotopic (exact) mass is 242 g/mol. The van der Waals surface area contributed by atoms with Crippen LogP contribution in [-0.4, -0.2) is 15.7 Å². The first-order valence-electron chi connectivity index (χ1n) is 5.23. The normalized spacial score (nSPS) is 12.4. The van der Waals surface area contributed by atoms with E-state index >= 15 is 0 Å². The zero-order chi connectivity index (χ0) is 12.0. The van der Waals surface area contributed by atoms with Gasteiger partial charge >= 0.3 is 0 Å². The number of unbranched alkanes of at least 4 members (excludes halogenated alkanes) is 1. The van der Waals surface area contributed by atoms with Gasteiger partial charge in [0.05, 0.1) is 10.8 Å². The third-order valence-electron chi connectivity index (χ3n) is 2.19. The Morgan fingerprint density at radius 3 is 2.44 bits per heavy atom. The molecule has 0 aliphatic carbocycles. The zero-order valence-electron chi connectivity index (χ0n) is 9.24. The largest absolute Gasteiger partial charge is 0.300 e. The molecule has 2 nitrogen and oxygen atoms in total. The van der Waals surface area contributed by atoms with E-state index in [0.717, 1.165) is 12.8 Å². The lowest BCUT2D eigenvalue weighted by Crippen LogP contribution is -1.99. The molecule has 0 spiro atoms. The standard InChI is InChI=1S/C12H15FO2S/c1-10(14)4-2-3-9-16(15)12-7-5-11(13)6-8-12/h5-8H,2-4,9H2,1H3. The third-order valence-corrected chi connectivity index (χ3v) is 3.64. The average Bonchev–Trinajstić information content (AvgIpc) is 2.25. The highest BCUT2D eigenvalue weighted by atomic mass is 32.2. The molecule has 0 bridgehead atoms. The Kier molecular flexibility index (Phi) is 5.32. The molecular weight excluding hydrogens is 227 g/mol. The van der Waals surface area contributed by atoms with Crippen molar-refractivity contribution >= 4 is 16.6 Å². The van der Waals surface area contributed by atoms with Gasteiger partial charge < -0.3 is 4.79 Å². The van der Waals surface area contributed by atoms with Crippen molar-refractivity contribution in [3.05, 3.63) is 30.1 Å². The van der Waals surface area contributed by atoms with Crippen LogP contribution in [0.15, 0.2) is 29.2 Å². The number of ketones is 1.